The van der Waals surface area contributed by atoms with Gasteiger partial charge < -0.3 is 9.84 Å². The number of sulfonamides is 1. The Morgan fingerprint density at radius 1 is 1.41 bits per heavy atom. The van der Waals surface area contributed by atoms with E-state index < -0.39 is 28.6 Å². The molecule has 0 heterocycles. The largest absolute Gasteiger partial charge is 0.480 e. The van der Waals surface area contributed by atoms with Crippen LogP contribution in [0.4, 0.5) is 0 Å². The van der Waals surface area contributed by atoms with Crippen molar-refractivity contribution in [2.24, 2.45) is 5.92 Å². The number of rotatable bonds is 8. The third-order valence-corrected chi connectivity index (χ3v) is 4.17. The fourth-order valence-electron chi connectivity index (χ4n) is 1.41. The molecule has 0 aliphatic heterocycles. The number of carboxylic acid groups (broad SMARTS) is 1. The minimum absolute atomic E-state index is 0.189. The van der Waals surface area contributed by atoms with E-state index in [0.29, 0.717) is 12.3 Å². The molecule has 0 saturated carbocycles. The van der Waals surface area contributed by atoms with Gasteiger partial charge in [-0.05, 0) is 12.3 Å². The topological polar surface area (TPSA) is 83.9 Å². The van der Waals surface area contributed by atoms with Crippen molar-refractivity contribution in [1.29, 1.82) is 0 Å². The lowest BCUT2D eigenvalue weighted by Crippen LogP contribution is -2.38. The van der Waals surface area contributed by atoms with Crippen LogP contribution in [-0.4, -0.2) is 56.4 Å². The lowest BCUT2D eigenvalue weighted by Gasteiger charge is -2.21. The SMILES string of the molecule is COC(CC(C)C)CS(=O)(=O)N(C)CC(=O)O. The van der Waals surface area contributed by atoms with E-state index in [4.69, 9.17) is 9.84 Å². The summed E-state index contributed by atoms with van der Waals surface area (Å²) in [5, 5.41) is 8.55. The highest BCUT2D eigenvalue weighted by atomic mass is 32.2. The Kier molecular flexibility index (Phi) is 6.66. The molecule has 0 bridgehead atoms. The summed E-state index contributed by atoms with van der Waals surface area (Å²) >= 11 is 0. The van der Waals surface area contributed by atoms with E-state index >= 15 is 0 Å². The molecule has 0 amide bonds. The Morgan fingerprint density at radius 3 is 2.29 bits per heavy atom. The Labute approximate surface area is 103 Å². The predicted molar refractivity (Wildman–Crippen MR) is 64.3 cm³/mol. The summed E-state index contributed by atoms with van der Waals surface area (Å²) in [5.41, 5.74) is 0. The molecule has 1 atom stereocenters. The minimum Gasteiger partial charge on any atom is -0.480 e. The van der Waals surface area contributed by atoms with Crippen molar-refractivity contribution in [2.45, 2.75) is 26.4 Å². The highest BCUT2D eigenvalue weighted by molar-refractivity contribution is 7.89. The number of ether oxygens (including phenoxy) is 1. The van der Waals surface area contributed by atoms with Crippen molar-refractivity contribution in [3.63, 3.8) is 0 Å². The molecule has 0 aliphatic carbocycles. The molecule has 0 spiro atoms. The summed E-state index contributed by atoms with van der Waals surface area (Å²) in [5.74, 6) is -1.04. The van der Waals surface area contributed by atoms with Crippen molar-refractivity contribution in [3.05, 3.63) is 0 Å². The normalized spacial score (nSPS) is 14.2. The highest BCUT2D eigenvalue weighted by Gasteiger charge is 2.25. The quantitative estimate of drug-likeness (QED) is 0.688. The Morgan fingerprint density at radius 2 is 1.94 bits per heavy atom. The third kappa shape index (κ3) is 6.60. The molecule has 0 rings (SSSR count). The second kappa shape index (κ2) is 6.93. The van der Waals surface area contributed by atoms with Gasteiger partial charge in [-0.25, -0.2) is 8.42 Å². The first-order valence-electron chi connectivity index (χ1n) is 5.37. The van der Waals surface area contributed by atoms with E-state index in [-0.39, 0.29) is 5.75 Å². The first-order chi connectivity index (χ1) is 7.69. The average Bonchev–Trinajstić information content (AvgIpc) is 2.14. The molecule has 1 unspecified atom stereocenters. The van der Waals surface area contributed by atoms with Crippen LogP contribution in [0.5, 0.6) is 0 Å². The van der Waals surface area contributed by atoms with E-state index in [0.717, 1.165) is 4.31 Å². The molecule has 17 heavy (non-hydrogen) atoms. The van der Waals surface area contributed by atoms with Crippen LogP contribution in [-0.2, 0) is 19.6 Å². The van der Waals surface area contributed by atoms with Crippen molar-refractivity contribution < 1.29 is 23.1 Å². The fraction of sp³-hybridized carbons (Fsp3) is 0.900. The summed E-state index contributed by atoms with van der Waals surface area (Å²) in [6.07, 6.45) is 0.215. The number of hydrogen-bond donors (Lipinski definition) is 1. The molecule has 0 aromatic heterocycles. The van der Waals surface area contributed by atoms with Gasteiger partial charge in [-0.3, -0.25) is 4.79 Å². The average molecular weight is 267 g/mol. The molecule has 0 aliphatic rings. The van der Waals surface area contributed by atoms with Crippen LogP contribution in [0.1, 0.15) is 20.3 Å². The highest BCUT2D eigenvalue weighted by Crippen LogP contribution is 2.11. The van der Waals surface area contributed by atoms with Crippen molar-refractivity contribution in [2.75, 3.05) is 26.5 Å². The summed E-state index contributed by atoms with van der Waals surface area (Å²) < 4.78 is 29.5. The lowest BCUT2D eigenvalue weighted by atomic mass is 10.1. The van der Waals surface area contributed by atoms with Gasteiger partial charge in [-0.1, -0.05) is 13.8 Å². The number of carbonyl (C=O) groups is 1. The molecule has 0 fully saturated rings. The number of methoxy groups -OCH3 is 1. The summed E-state index contributed by atoms with van der Waals surface area (Å²) in [6.45, 7) is 3.42. The maximum Gasteiger partial charge on any atom is 0.318 e. The van der Waals surface area contributed by atoms with Gasteiger partial charge in [0.2, 0.25) is 10.0 Å². The van der Waals surface area contributed by atoms with Gasteiger partial charge in [0.15, 0.2) is 0 Å². The van der Waals surface area contributed by atoms with E-state index in [1.54, 1.807) is 0 Å². The first-order valence-corrected chi connectivity index (χ1v) is 6.98. The minimum atomic E-state index is -3.58. The fourth-order valence-corrected chi connectivity index (χ4v) is 2.71. The molecule has 0 aromatic carbocycles. The Balaban J connectivity index is 4.55. The van der Waals surface area contributed by atoms with Crippen LogP contribution in [0.25, 0.3) is 0 Å². The van der Waals surface area contributed by atoms with E-state index in [9.17, 15) is 13.2 Å². The molecule has 0 aromatic rings. The zero-order chi connectivity index (χ0) is 13.6. The van der Waals surface area contributed by atoms with Crippen LogP contribution in [0.3, 0.4) is 0 Å². The number of aliphatic carboxylic acids is 1. The molecule has 102 valence electrons. The number of nitrogens with zero attached hydrogens (tertiary/aromatic N) is 1. The Bertz CT molecular complexity index is 339. The lowest BCUT2D eigenvalue weighted by molar-refractivity contribution is -0.137. The van der Waals surface area contributed by atoms with Gasteiger partial charge in [0.05, 0.1) is 11.9 Å². The smallest absolute Gasteiger partial charge is 0.318 e. The van der Waals surface area contributed by atoms with Crippen LogP contribution < -0.4 is 0 Å². The standard InChI is InChI=1S/C10H21NO5S/c1-8(2)5-9(16-4)7-17(14,15)11(3)6-10(12)13/h8-9H,5-7H2,1-4H3,(H,12,13). The van der Waals surface area contributed by atoms with E-state index in [2.05, 4.69) is 0 Å². The summed E-state index contributed by atoms with van der Waals surface area (Å²) in [6, 6.07) is 0. The zero-order valence-electron chi connectivity index (χ0n) is 10.7. The van der Waals surface area contributed by atoms with Crippen molar-refractivity contribution in [3.8, 4) is 0 Å². The van der Waals surface area contributed by atoms with Crippen molar-refractivity contribution in [1.82, 2.24) is 4.31 Å². The molecule has 0 saturated heterocycles. The van der Waals surface area contributed by atoms with Gasteiger partial charge in [-0.2, -0.15) is 4.31 Å². The van der Waals surface area contributed by atoms with Crippen LogP contribution in [0.15, 0.2) is 0 Å². The van der Waals surface area contributed by atoms with Gasteiger partial charge in [-0.15, -0.1) is 0 Å². The van der Waals surface area contributed by atoms with E-state index in [1.807, 2.05) is 13.8 Å². The second-order valence-electron chi connectivity index (χ2n) is 4.42. The summed E-state index contributed by atoms with van der Waals surface area (Å²) in [4.78, 5) is 10.5. The molecular formula is C10H21NO5S. The van der Waals surface area contributed by atoms with Crippen LogP contribution >= 0.6 is 0 Å². The number of carboxylic acids is 1. The Hall–Kier alpha value is -0.660. The molecule has 7 heteroatoms. The number of likely N-dealkylation sites (N-methyl/N-ethyl adjacent to an activating group) is 1. The first kappa shape index (κ1) is 16.3. The van der Waals surface area contributed by atoms with E-state index in [1.165, 1.54) is 14.2 Å². The van der Waals surface area contributed by atoms with Gasteiger partial charge >= 0.3 is 5.97 Å². The third-order valence-electron chi connectivity index (χ3n) is 2.30. The van der Waals surface area contributed by atoms with Gasteiger partial charge in [0.1, 0.15) is 6.54 Å². The van der Waals surface area contributed by atoms with Crippen LogP contribution in [0, 0.1) is 5.92 Å². The maximum atomic E-state index is 11.8. The predicted octanol–water partition coefficient (Wildman–Crippen LogP) is 0.394. The molecule has 6 nitrogen and oxygen atoms in total. The van der Waals surface area contributed by atoms with Gasteiger partial charge in [0, 0.05) is 14.2 Å². The van der Waals surface area contributed by atoms with Crippen molar-refractivity contribution >= 4 is 16.0 Å². The monoisotopic (exact) mass is 267 g/mol. The zero-order valence-corrected chi connectivity index (χ0v) is 11.5. The molecular weight excluding hydrogens is 246 g/mol. The second-order valence-corrected chi connectivity index (χ2v) is 6.54. The molecule has 0 radical (unpaired) electrons. The maximum absolute atomic E-state index is 11.8. The van der Waals surface area contributed by atoms with Crippen LogP contribution in [0.2, 0.25) is 0 Å². The molecule has 1 N–H and O–H groups in total. The number of hydrogen-bond acceptors (Lipinski definition) is 4. The van der Waals surface area contributed by atoms with Gasteiger partial charge in [0.25, 0.3) is 0 Å². The summed E-state index contributed by atoms with van der Waals surface area (Å²) in [7, 11) is -0.871.